The maximum atomic E-state index is 14.5. The van der Waals surface area contributed by atoms with Crippen LogP contribution < -0.4 is 0 Å². The number of nitrogens with zero attached hydrogens (tertiary/aromatic N) is 2. The van der Waals surface area contributed by atoms with Gasteiger partial charge in [0.25, 0.3) is 0 Å². The molecule has 0 spiro atoms. The highest BCUT2D eigenvalue weighted by molar-refractivity contribution is 7.81. The van der Waals surface area contributed by atoms with Crippen molar-refractivity contribution in [1.29, 1.82) is 0 Å². The molecule has 7 heteroatoms. The topological polar surface area (TPSA) is 40.6 Å². The first-order chi connectivity index (χ1) is 12.4. The second kappa shape index (κ2) is 9.22. The van der Waals surface area contributed by atoms with Gasteiger partial charge in [0.05, 0.1) is 6.04 Å². The molecule has 148 valence electrons. The molecule has 1 aromatic carbocycles. The molecule has 2 unspecified atom stereocenters. The Hall–Kier alpha value is -1.37. The van der Waals surface area contributed by atoms with Gasteiger partial charge in [0.15, 0.2) is 5.78 Å². The largest absolute Gasteiger partial charge is 0.345 e. The van der Waals surface area contributed by atoms with Crippen molar-refractivity contribution < 1.29 is 14.0 Å². The van der Waals surface area contributed by atoms with E-state index in [0.29, 0.717) is 18.7 Å². The highest BCUT2D eigenvalue weighted by Crippen LogP contribution is 2.39. The summed E-state index contributed by atoms with van der Waals surface area (Å²) < 4.78 is 14.5. The summed E-state index contributed by atoms with van der Waals surface area (Å²) in [5.41, 5.74) is 1.31. The molecule has 2 atom stereocenters. The molecule has 1 aliphatic carbocycles. The van der Waals surface area contributed by atoms with Crippen molar-refractivity contribution in [2.45, 2.75) is 30.6 Å². The SMILES string of the molecule is CN(C)C(=O)/C=C1\CN(C(C(=O)C2CC2)c2ccccc2F)CCC1S.Cl. The molecule has 0 aromatic heterocycles. The number of likely N-dealkylation sites (N-methyl/N-ethyl adjacent to an activating group) is 1. The zero-order valence-electron chi connectivity index (χ0n) is 15.6. The number of Topliss-reactive ketones (excluding diaryl/α,β-unsaturated/α-hetero) is 1. The molecular formula is C20H26ClFN2O2S. The number of halogens is 2. The van der Waals surface area contributed by atoms with Crippen LogP contribution in [0.1, 0.15) is 30.9 Å². The monoisotopic (exact) mass is 412 g/mol. The minimum atomic E-state index is -0.595. The molecule has 2 fully saturated rings. The first-order valence-electron chi connectivity index (χ1n) is 9.00. The van der Waals surface area contributed by atoms with Gasteiger partial charge in [-0.05, 0) is 30.9 Å². The van der Waals surface area contributed by atoms with Gasteiger partial charge in [-0.25, -0.2) is 4.39 Å². The summed E-state index contributed by atoms with van der Waals surface area (Å²) in [6, 6.07) is 5.91. The fraction of sp³-hybridized carbons (Fsp3) is 0.500. The number of benzene rings is 1. The molecule has 0 bridgehead atoms. The van der Waals surface area contributed by atoms with Gasteiger partial charge < -0.3 is 4.90 Å². The Labute approximate surface area is 171 Å². The van der Waals surface area contributed by atoms with Crippen LogP contribution in [0.25, 0.3) is 0 Å². The maximum Gasteiger partial charge on any atom is 0.246 e. The van der Waals surface area contributed by atoms with Crippen LogP contribution in [0.4, 0.5) is 4.39 Å². The number of thiol groups is 1. The lowest BCUT2D eigenvalue weighted by molar-refractivity contribution is -0.126. The van der Waals surface area contributed by atoms with Gasteiger partial charge in [0, 0.05) is 50.0 Å². The smallest absolute Gasteiger partial charge is 0.246 e. The van der Waals surface area contributed by atoms with Crippen molar-refractivity contribution in [2.75, 3.05) is 27.2 Å². The van der Waals surface area contributed by atoms with Gasteiger partial charge in [-0.1, -0.05) is 18.2 Å². The van der Waals surface area contributed by atoms with Gasteiger partial charge in [-0.2, -0.15) is 12.6 Å². The van der Waals surface area contributed by atoms with Crippen LogP contribution in [0.15, 0.2) is 35.9 Å². The van der Waals surface area contributed by atoms with Crippen LogP contribution >= 0.6 is 25.0 Å². The quantitative estimate of drug-likeness (QED) is 0.596. The van der Waals surface area contributed by atoms with Crippen LogP contribution in [-0.2, 0) is 9.59 Å². The second-order valence-electron chi connectivity index (χ2n) is 7.33. The Bertz CT molecular complexity index is 736. The van der Waals surface area contributed by atoms with Crippen molar-refractivity contribution >= 4 is 36.7 Å². The van der Waals surface area contributed by atoms with E-state index in [1.807, 2.05) is 4.90 Å². The molecule has 4 nitrogen and oxygen atoms in total. The normalized spacial score (nSPS) is 22.8. The molecule has 1 saturated carbocycles. The molecule has 0 radical (unpaired) electrons. The number of carbonyl (C=O) groups excluding carboxylic acids is 2. The van der Waals surface area contributed by atoms with Crippen molar-refractivity contribution in [2.24, 2.45) is 5.92 Å². The van der Waals surface area contributed by atoms with Crippen molar-refractivity contribution in [3.63, 3.8) is 0 Å². The van der Waals surface area contributed by atoms with E-state index in [4.69, 9.17) is 0 Å². The predicted molar refractivity (Wildman–Crippen MR) is 110 cm³/mol. The van der Waals surface area contributed by atoms with Crippen molar-refractivity contribution in [3.8, 4) is 0 Å². The van der Waals surface area contributed by atoms with E-state index in [1.54, 1.807) is 38.4 Å². The van der Waals surface area contributed by atoms with Crippen LogP contribution in [0.5, 0.6) is 0 Å². The Kier molecular flexibility index (Phi) is 7.48. The third kappa shape index (κ3) is 5.12. The fourth-order valence-corrected chi connectivity index (χ4v) is 3.63. The number of ketones is 1. The van der Waals surface area contributed by atoms with Gasteiger partial charge in [-0.3, -0.25) is 14.5 Å². The summed E-state index contributed by atoms with van der Waals surface area (Å²) in [7, 11) is 3.40. The van der Waals surface area contributed by atoms with Crippen molar-refractivity contribution in [1.82, 2.24) is 9.80 Å². The molecule has 1 aromatic rings. The summed E-state index contributed by atoms with van der Waals surface area (Å²) in [5, 5.41) is -0.0209. The summed E-state index contributed by atoms with van der Waals surface area (Å²) in [5.74, 6) is -0.332. The van der Waals surface area contributed by atoms with Gasteiger partial charge in [0.2, 0.25) is 5.91 Å². The molecule has 2 aliphatic rings. The zero-order chi connectivity index (χ0) is 18.8. The first-order valence-corrected chi connectivity index (χ1v) is 9.52. The summed E-state index contributed by atoms with van der Waals surface area (Å²) in [6.45, 7) is 1.10. The average Bonchev–Trinajstić information content (AvgIpc) is 3.44. The van der Waals surface area contributed by atoms with E-state index in [2.05, 4.69) is 12.6 Å². The van der Waals surface area contributed by atoms with E-state index in [0.717, 1.165) is 24.8 Å². The maximum absolute atomic E-state index is 14.5. The standard InChI is InChI=1S/C20H25FN2O2S.ClH/c1-22(2)18(24)11-14-12-23(10-9-17(14)26)19(20(25)13-7-8-13)15-5-3-4-6-16(15)21;/h3-6,11,13,17,19,26H,7-10,12H2,1-2H3;1H/b14-11+;. The van der Waals surface area contributed by atoms with Gasteiger partial charge in [0.1, 0.15) is 5.82 Å². The van der Waals surface area contributed by atoms with Gasteiger partial charge in [-0.15, -0.1) is 12.4 Å². The Morgan fingerprint density at radius 3 is 2.52 bits per heavy atom. The molecule has 0 N–H and O–H groups in total. The number of rotatable bonds is 5. The Balaban J connectivity index is 0.00000261. The lowest BCUT2D eigenvalue weighted by Gasteiger charge is -2.37. The number of carbonyl (C=O) groups is 2. The van der Waals surface area contributed by atoms with Crippen LogP contribution in [0.3, 0.4) is 0 Å². The summed E-state index contributed by atoms with van der Waals surface area (Å²) in [6.07, 6.45) is 4.09. The van der Waals surface area contributed by atoms with E-state index in [1.165, 1.54) is 11.0 Å². The second-order valence-corrected chi connectivity index (χ2v) is 7.95. The van der Waals surface area contributed by atoms with Crippen LogP contribution in [0, 0.1) is 11.7 Å². The number of amides is 1. The molecule has 1 saturated heterocycles. The predicted octanol–water partition coefficient (Wildman–Crippen LogP) is 3.29. The average molecular weight is 413 g/mol. The van der Waals surface area contributed by atoms with E-state index >= 15 is 0 Å². The fourth-order valence-electron chi connectivity index (χ4n) is 3.36. The summed E-state index contributed by atoms with van der Waals surface area (Å²) >= 11 is 4.60. The Morgan fingerprint density at radius 2 is 1.93 bits per heavy atom. The number of hydrogen-bond acceptors (Lipinski definition) is 4. The number of hydrogen-bond donors (Lipinski definition) is 1. The van der Waals surface area contributed by atoms with E-state index < -0.39 is 6.04 Å². The van der Waals surface area contributed by atoms with Gasteiger partial charge >= 0.3 is 0 Å². The highest BCUT2D eigenvalue weighted by atomic mass is 35.5. The number of likely N-dealkylation sites (tertiary alicyclic amines) is 1. The molecule has 27 heavy (non-hydrogen) atoms. The van der Waals surface area contributed by atoms with Crippen molar-refractivity contribution in [3.05, 3.63) is 47.3 Å². The van der Waals surface area contributed by atoms with E-state index in [-0.39, 0.29) is 41.1 Å². The molecule has 3 rings (SSSR count). The number of piperidine rings is 1. The minimum Gasteiger partial charge on any atom is -0.345 e. The van der Waals surface area contributed by atoms with E-state index in [9.17, 15) is 14.0 Å². The molecule has 1 aliphatic heterocycles. The van der Waals surface area contributed by atoms with Crippen LogP contribution in [-0.4, -0.2) is 53.9 Å². The highest BCUT2D eigenvalue weighted by Gasteiger charge is 2.40. The third-order valence-corrected chi connectivity index (χ3v) is 5.66. The van der Waals surface area contributed by atoms with Crippen LogP contribution in [0.2, 0.25) is 0 Å². The zero-order valence-corrected chi connectivity index (χ0v) is 17.3. The molecule has 1 amide bonds. The lowest BCUT2D eigenvalue weighted by Crippen LogP contribution is -2.43. The third-order valence-electron chi connectivity index (χ3n) is 5.07. The Morgan fingerprint density at radius 1 is 1.26 bits per heavy atom. The lowest BCUT2D eigenvalue weighted by atomic mass is 9.93. The molecular weight excluding hydrogens is 387 g/mol. The first kappa shape index (κ1) is 21.9. The summed E-state index contributed by atoms with van der Waals surface area (Å²) in [4.78, 5) is 28.5. The molecule has 1 heterocycles. The minimum absolute atomic E-state index is 0.